The minimum absolute atomic E-state index is 0.0869. The standard InChI is InChI=1S/C15H21NO4/c1-6-15(5,7-2)10-14(3,4)13(19)20-16-11(17)8-9-12(16)18/h1H,7-10H2,2-5H3. The van der Waals surface area contributed by atoms with Crippen LogP contribution in [0.3, 0.4) is 0 Å². The molecule has 0 bridgehead atoms. The van der Waals surface area contributed by atoms with E-state index in [0.29, 0.717) is 11.5 Å². The molecule has 5 heteroatoms. The zero-order valence-electron chi connectivity index (χ0n) is 12.5. The first-order valence-corrected chi connectivity index (χ1v) is 6.71. The lowest BCUT2D eigenvalue weighted by Crippen LogP contribution is -2.39. The number of carbonyl (C=O) groups excluding carboxylic acids is 3. The van der Waals surface area contributed by atoms with E-state index < -0.39 is 28.6 Å². The lowest BCUT2D eigenvalue weighted by molar-refractivity contribution is -0.205. The fourth-order valence-electron chi connectivity index (χ4n) is 2.19. The summed E-state index contributed by atoms with van der Waals surface area (Å²) in [4.78, 5) is 40.0. The highest BCUT2D eigenvalue weighted by molar-refractivity contribution is 6.01. The van der Waals surface area contributed by atoms with Crippen molar-refractivity contribution in [2.45, 2.75) is 53.4 Å². The van der Waals surface area contributed by atoms with Crippen LogP contribution in [-0.2, 0) is 19.2 Å². The molecule has 0 spiro atoms. The molecule has 5 nitrogen and oxygen atoms in total. The van der Waals surface area contributed by atoms with Crippen molar-refractivity contribution < 1.29 is 19.2 Å². The summed E-state index contributed by atoms with van der Waals surface area (Å²) in [6.07, 6.45) is 6.83. The molecule has 0 N–H and O–H groups in total. The molecule has 1 heterocycles. The molecule has 0 aromatic rings. The lowest BCUT2D eigenvalue weighted by atomic mass is 9.73. The molecular formula is C15H21NO4. The van der Waals surface area contributed by atoms with Gasteiger partial charge >= 0.3 is 5.97 Å². The first kappa shape index (κ1) is 16.2. The van der Waals surface area contributed by atoms with E-state index in [9.17, 15) is 14.4 Å². The summed E-state index contributed by atoms with van der Waals surface area (Å²) in [5, 5.41) is 0.573. The molecule has 0 aliphatic carbocycles. The van der Waals surface area contributed by atoms with Crippen LogP contribution in [-0.4, -0.2) is 22.8 Å². The van der Waals surface area contributed by atoms with Crippen LogP contribution >= 0.6 is 0 Å². The first-order valence-electron chi connectivity index (χ1n) is 6.71. The van der Waals surface area contributed by atoms with Crippen LogP contribution in [0.4, 0.5) is 0 Å². The molecule has 1 aliphatic heterocycles. The number of hydrogen-bond acceptors (Lipinski definition) is 4. The Kier molecular flexibility index (Phi) is 4.59. The van der Waals surface area contributed by atoms with Crippen LogP contribution in [0, 0.1) is 23.2 Å². The molecule has 20 heavy (non-hydrogen) atoms. The number of hydrogen-bond donors (Lipinski definition) is 0. The van der Waals surface area contributed by atoms with Gasteiger partial charge in [0, 0.05) is 18.3 Å². The SMILES string of the molecule is C#CC(C)(CC)CC(C)(C)C(=O)ON1C(=O)CCC1=O. The average Bonchev–Trinajstić information content (AvgIpc) is 2.69. The molecule has 0 saturated carbocycles. The second kappa shape index (κ2) is 5.66. The van der Waals surface area contributed by atoms with E-state index in [2.05, 4.69) is 5.92 Å². The van der Waals surface area contributed by atoms with Gasteiger partial charge < -0.3 is 4.84 Å². The van der Waals surface area contributed by atoms with Gasteiger partial charge in [-0.15, -0.1) is 17.4 Å². The van der Waals surface area contributed by atoms with Gasteiger partial charge in [-0.2, -0.15) is 0 Å². The number of imide groups is 1. The summed E-state index contributed by atoms with van der Waals surface area (Å²) in [6, 6.07) is 0. The zero-order valence-corrected chi connectivity index (χ0v) is 12.5. The van der Waals surface area contributed by atoms with Gasteiger partial charge in [0.25, 0.3) is 11.8 Å². The van der Waals surface area contributed by atoms with E-state index in [0.717, 1.165) is 6.42 Å². The summed E-state index contributed by atoms with van der Waals surface area (Å²) in [6.45, 7) is 7.25. The maximum atomic E-state index is 12.2. The van der Waals surface area contributed by atoms with Crippen molar-refractivity contribution in [3.63, 3.8) is 0 Å². The Morgan fingerprint density at radius 2 is 1.80 bits per heavy atom. The van der Waals surface area contributed by atoms with Crippen LogP contribution in [0.2, 0.25) is 0 Å². The highest BCUT2D eigenvalue weighted by Crippen LogP contribution is 2.37. The summed E-state index contributed by atoms with van der Waals surface area (Å²) < 4.78 is 0. The Hall–Kier alpha value is -1.83. The molecule has 1 unspecified atom stereocenters. The van der Waals surface area contributed by atoms with Crippen molar-refractivity contribution in [1.29, 1.82) is 0 Å². The number of rotatable bonds is 5. The third-order valence-electron chi connectivity index (χ3n) is 3.69. The van der Waals surface area contributed by atoms with Crippen molar-refractivity contribution in [1.82, 2.24) is 5.06 Å². The summed E-state index contributed by atoms with van der Waals surface area (Å²) in [5.74, 6) is 1.13. The highest BCUT2D eigenvalue weighted by atomic mass is 16.7. The van der Waals surface area contributed by atoms with Gasteiger partial charge in [0.2, 0.25) is 0 Å². The highest BCUT2D eigenvalue weighted by Gasteiger charge is 2.41. The molecule has 0 radical (unpaired) electrons. The first-order chi connectivity index (χ1) is 9.15. The normalized spacial score (nSPS) is 18.6. The maximum Gasteiger partial charge on any atom is 0.338 e. The smallest absolute Gasteiger partial charge is 0.330 e. The van der Waals surface area contributed by atoms with Crippen LogP contribution in [0.15, 0.2) is 0 Å². The Morgan fingerprint density at radius 3 is 2.20 bits per heavy atom. The molecule has 1 rings (SSSR count). The predicted octanol–water partition coefficient (Wildman–Crippen LogP) is 2.06. The Balaban J connectivity index is 2.78. The summed E-state index contributed by atoms with van der Waals surface area (Å²) >= 11 is 0. The predicted molar refractivity (Wildman–Crippen MR) is 72.8 cm³/mol. The fourth-order valence-corrected chi connectivity index (χ4v) is 2.19. The molecule has 0 aromatic heterocycles. The topological polar surface area (TPSA) is 63.7 Å². The minimum Gasteiger partial charge on any atom is -0.330 e. The van der Waals surface area contributed by atoms with Crippen molar-refractivity contribution in [2.75, 3.05) is 0 Å². The molecule has 2 amide bonds. The fraction of sp³-hybridized carbons (Fsp3) is 0.667. The third-order valence-corrected chi connectivity index (χ3v) is 3.69. The largest absolute Gasteiger partial charge is 0.338 e. The second-order valence-corrected chi connectivity index (χ2v) is 6.08. The minimum atomic E-state index is -0.875. The number of carbonyl (C=O) groups is 3. The van der Waals surface area contributed by atoms with E-state index in [-0.39, 0.29) is 12.8 Å². The maximum absolute atomic E-state index is 12.2. The van der Waals surface area contributed by atoms with Gasteiger partial charge in [0.1, 0.15) is 0 Å². The van der Waals surface area contributed by atoms with E-state index >= 15 is 0 Å². The molecule has 1 fully saturated rings. The van der Waals surface area contributed by atoms with E-state index in [4.69, 9.17) is 11.3 Å². The van der Waals surface area contributed by atoms with Crippen molar-refractivity contribution in [2.24, 2.45) is 10.8 Å². The van der Waals surface area contributed by atoms with E-state index in [1.807, 2.05) is 13.8 Å². The van der Waals surface area contributed by atoms with Crippen LogP contribution < -0.4 is 0 Å². The van der Waals surface area contributed by atoms with Crippen molar-refractivity contribution >= 4 is 17.8 Å². The van der Waals surface area contributed by atoms with Crippen LogP contribution in [0.1, 0.15) is 53.4 Å². The lowest BCUT2D eigenvalue weighted by Gasteiger charge is -2.32. The van der Waals surface area contributed by atoms with Gasteiger partial charge in [-0.1, -0.05) is 6.92 Å². The van der Waals surface area contributed by atoms with Gasteiger partial charge in [0.15, 0.2) is 0 Å². The van der Waals surface area contributed by atoms with Gasteiger partial charge in [0.05, 0.1) is 5.41 Å². The van der Waals surface area contributed by atoms with E-state index in [1.165, 1.54) is 0 Å². The zero-order chi connectivity index (χ0) is 15.6. The van der Waals surface area contributed by atoms with Crippen LogP contribution in [0.25, 0.3) is 0 Å². The molecular weight excluding hydrogens is 258 g/mol. The van der Waals surface area contributed by atoms with Crippen LogP contribution in [0.5, 0.6) is 0 Å². The average molecular weight is 279 g/mol. The molecule has 1 atom stereocenters. The molecule has 110 valence electrons. The van der Waals surface area contributed by atoms with Crippen molar-refractivity contribution in [3.8, 4) is 12.3 Å². The summed E-state index contributed by atoms with van der Waals surface area (Å²) in [7, 11) is 0. The molecule has 1 aliphatic rings. The van der Waals surface area contributed by atoms with Gasteiger partial charge in [-0.25, -0.2) is 4.79 Å². The van der Waals surface area contributed by atoms with Gasteiger partial charge in [-0.3, -0.25) is 9.59 Å². The second-order valence-electron chi connectivity index (χ2n) is 6.08. The van der Waals surface area contributed by atoms with E-state index in [1.54, 1.807) is 13.8 Å². The Morgan fingerprint density at radius 1 is 1.30 bits per heavy atom. The van der Waals surface area contributed by atoms with Gasteiger partial charge in [-0.05, 0) is 33.6 Å². The quantitative estimate of drug-likeness (QED) is 0.571. The third kappa shape index (κ3) is 3.38. The number of terminal acetylenes is 1. The number of amides is 2. The Bertz CT molecular complexity index is 459. The molecule has 0 aromatic carbocycles. The van der Waals surface area contributed by atoms with Crippen molar-refractivity contribution in [3.05, 3.63) is 0 Å². The Labute approximate surface area is 119 Å². The number of hydroxylamine groups is 2. The summed E-state index contributed by atoms with van der Waals surface area (Å²) in [5.41, 5.74) is -1.30. The monoisotopic (exact) mass is 279 g/mol. The molecule has 1 saturated heterocycles. The number of nitrogens with zero attached hydrogens (tertiary/aromatic N) is 1.